The highest BCUT2D eigenvalue weighted by Gasteiger charge is 2.22. The Morgan fingerprint density at radius 1 is 1.38 bits per heavy atom. The highest BCUT2D eigenvalue weighted by Crippen LogP contribution is 2.35. The van der Waals surface area contributed by atoms with Crippen molar-refractivity contribution < 1.29 is 0 Å². The molecule has 2 heterocycles. The Kier molecular flexibility index (Phi) is 4.14. The van der Waals surface area contributed by atoms with Crippen LogP contribution in [0.5, 0.6) is 0 Å². The fraction of sp³-hybridized carbons (Fsp3) is 0.263. The molecule has 0 amide bonds. The summed E-state index contributed by atoms with van der Waals surface area (Å²) in [6.45, 7) is 2.27. The average Bonchev–Trinajstić information content (AvgIpc) is 2.93. The Labute approximate surface area is 152 Å². The molecule has 1 aliphatic rings. The van der Waals surface area contributed by atoms with Gasteiger partial charge in [-0.3, -0.25) is 4.79 Å². The Bertz CT molecular complexity index is 988. The Hall–Kier alpha value is -1.72. The molecule has 0 fully saturated rings. The molecule has 0 spiro atoms. The SMILES string of the molecule is CC1CCc2c(sc3nc(C=C(Br)c4ccccc4)[nH]c(=O)c23)C1. The molecule has 0 radical (unpaired) electrons. The maximum absolute atomic E-state index is 12.6. The lowest BCUT2D eigenvalue weighted by Crippen LogP contribution is -2.13. The fourth-order valence-electron chi connectivity index (χ4n) is 3.23. The van der Waals surface area contributed by atoms with Crippen molar-refractivity contribution in [3.8, 4) is 0 Å². The van der Waals surface area contributed by atoms with E-state index in [1.165, 1.54) is 10.4 Å². The fourth-order valence-corrected chi connectivity index (χ4v) is 5.11. The molecular formula is C19H17BrN2OS. The van der Waals surface area contributed by atoms with E-state index in [0.29, 0.717) is 11.7 Å². The summed E-state index contributed by atoms with van der Waals surface area (Å²) in [7, 11) is 0. The number of aromatic amines is 1. The number of nitrogens with one attached hydrogen (secondary N) is 1. The van der Waals surface area contributed by atoms with Crippen LogP contribution in [0, 0.1) is 5.92 Å². The molecule has 3 aromatic rings. The maximum Gasteiger partial charge on any atom is 0.260 e. The molecule has 4 rings (SSSR count). The number of H-pyrrole nitrogens is 1. The molecular weight excluding hydrogens is 384 g/mol. The topological polar surface area (TPSA) is 45.8 Å². The lowest BCUT2D eigenvalue weighted by Gasteiger charge is -2.17. The summed E-state index contributed by atoms with van der Waals surface area (Å²) in [6, 6.07) is 9.98. The second-order valence-corrected chi connectivity index (χ2v) is 8.28. The van der Waals surface area contributed by atoms with Gasteiger partial charge in [0.1, 0.15) is 10.7 Å². The summed E-state index contributed by atoms with van der Waals surface area (Å²) in [5.41, 5.74) is 2.26. The zero-order chi connectivity index (χ0) is 16.7. The molecule has 2 aromatic heterocycles. The van der Waals surface area contributed by atoms with Crippen LogP contribution in [0.3, 0.4) is 0 Å². The minimum atomic E-state index is -0.0216. The predicted octanol–water partition coefficient (Wildman–Crippen LogP) is 5.00. The summed E-state index contributed by atoms with van der Waals surface area (Å²) in [4.78, 5) is 22.4. The van der Waals surface area contributed by atoms with Crippen molar-refractivity contribution in [1.29, 1.82) is 0 Å². The van der Waals surface area contributed by atoms with Crippen LogP contribution in [0.15, 0.2) is 35.1 Å². The van der Waals surface area contributed by atoms with Gasteiger partial charge in [-0.15, -0.1) is 11.3 Å². The van der Waals surface area contributed by atoms with E-state index in [1.54, 1.807) is 11.3 Å². The first kappa shape index (κ1) is 15.8. The van der Waals surface area contributed by atoms with E-state index in [2.05, 4.69) is 32.8 Å². The molecule has 1 atom stereocenters. The first-order valence-electron chi connectivity index (χ1n) is 8.09. The molecule has 5 heteroatoms. The Balaban J connectivity index is 1.80. The van der Waals surface area contributed by atoms with Gasteiger partial charge in [-0.25, -0.2) is 4.98 Å². The van der Waals surface area contributed by atoms with Gasteiger partial charge in [0.05, 0.1) is 5.39 Å². The number of halogens is 1. The lowest BCUT2D eigenvalue weighted by molar-refractivity contribution is 0.509. The van der Waals surface area contributed by atoms with E-state index in [9.17, 15) is 4.79 Å². The van der Waals surface area contributed by atoms with Crippen molar-refractivity contribution in [2.75, 3.05) is 0 Å². The first-order chi connectivity index (χ1) is 11.6. The van der Waals surface area contributed by atoms with E-state index in [-0.39, 0.29) is 5.56 Å². The summed E-state index contributed by atoms with van der Waals surface area (Å²) in [6.07, 6.45) is 5.08. The zero-order valence-corrected chi connectivity index (χ0v) is 15.7. The van der Waals surface area contributed by atoms with Crippen molar-refractivity contribution in [1.82, 2.24) is 9.97 Å². The summed E-state index contributed by atoms with van der Waals surface area (Å²) in [5.74, 6) is 1.28. The number of benzene rings is 1. The molecule has 122 valence electrons. The van der Waals surface area contributed by atoms with Gasteiger partial charge in [0.25, 0.3) is 5.56 Å². The van der Waals surface area contributed by atoms with E-state index >= 15 is 0 Å². The molecule has 0 saturated carbocycles. The van der Waals surface area contributed by atoms with Crippen LogP contribution in [-0.4, -0.2) is 9.97 Å². The number of rotatable bonds is 2. The Morgan fingerprint density at radius 2 is 2.17 bits per heavy atom. The molecule has 0 saturated heterocycles. The minimum absolute atomic E-state index is 0.0216. The van der Waals surface area contributed by atoms with Crippen molar-refractivity contribution in [3.63, 3.8) is 0 Å². The van der Waals surface area contributed by atoms with Crippen LogP contribution in [0.4, 0.5) is 0 Å². The van der Waals surface area contributed by atoms with Crippen LogP contribution >= 0.6 is 27.3 Å². The van der Waals surface area contributed by atoms with Crippen molar-refractivity contribution >= 4 is 48.0 Å². The number of thiophene rings is 1. The third-order valence-electron chi connectivity index (χ3n) is 4.50. The van der Waals surface area contributed by atoms with Crippen molar-refractivity contribution in [2.45, 2.75) is 26.2 Å². The molecule has 1 aromatic carbocycles. The van der Waals surface area contributed by atoms with Gasteiger partial charge < -0.3 is 4.98 Å². The van der Waals surface area contributed by atoms with E-state index < -0.39 is 0 Å². The third-order valence-corrected chi connectivity index (χ3v) is 6.33. The number of aryl methyl sites for hydroxylation is 1. The number of hydrogen-bond donors (Lipinski definition) is 1. The third kappa shape index (κ3) is 2.87. The van der Waals surface area contributed by atoms with Crippen LogP contribution in [0.25, 0.3) is 20.8 Å². The smallest absolute Gasteiger partial charge is 0.260 e. The average molecular weight is 401 g/mol. The molecule has 1 N–H and O–H groups in total. The molecule has 0 bridgehead atoms. The molecule has 3 nitrogen and oxygen atoms in total. The number of hydrogen-bond acceptors (Lipinski definition) is 3. The number of fused-ring (bicyclic) bond motifs is 3. The van der Waals surface area contributed by atoms with Crippen LogP contribution in [-0.2, 0) is 12.8 Å². The van der Waals surface area contributed by atoms with Gasteiger partial charge in [0, 0.05) is 9.36 Å². The van der Waals surface area contributed by atoms with Gasteiger partial charge in [-0.2, -0.15) is 0 Å². The lowest BCUT2D eigenvalue weighted by atomic mass is 9.89. The molecule has 24 heavy (non-hydrogen) atoms. The Morgan fingerprint density at radius 3 is 2.96 bits per heavy atom. The van der Waals surface area contributed by atoms with Crippen LogP contribution < -0.4 is 5.56 Å². The number of nitrogens with zero attached hydrogens (tertiary/aromatic N) is 1. The quantitative estimate of drug-likeness (QED) is 0.657. The zero-order valence-electron chi connectivity index (χ0n) is 13.3. The molecule has 0 aliphatic heterocycles. The van der Waals surface area contributed by atoms with Crippen LogP contribution in [0.1, 0.15) is 35.2 Å². The van der Waals surface area contributed by atoms with Gasteiger partial charge in [0.15, 0.2) is 0 Å². The summed E-state index contributed by atoms with van der Waals surface area (Å²) < 4.78 is 0.903. The normalized spacial score (nSPS) is 17.9. The molecule has 1 unspecified atom stereocenters. The first-order valence-corrected chi connectivity index (χ1v) is 9.70. The van der Waals surface area contributed by atoms with Gasteiger partial charge in [-0.1, -0.05) is 53.2 Å². The van der Waals surface area contributed by atoms with Crippen LogP contribution in [0.2, 0.25) is 0 Å². The number of aromatic nitrogens is 2. The van der Waals surface area contributed by atoms with E-state index in [1.807, 2.05) is 36.4 Å². The van der Waals surface area contributed by atoms with Gasteiger partial charge >= 0.3 is 0 Å². The largest absolute Gasteiger partial charge is 0.306 e. The van der Waals surface area contributed by atoms with Gasteiger partial charge in [0.2, 0.25) is 0 Å². The van der Waals surface area contributed by atoms with Gasteiger partial charge in [-0.05, 0) is 42.4 Å². The minimum Gasteiger partial charge on any atom is -0.306 e. The summed E-state index contributed by atoms with van der Waals surface area (Å²) >= 11 is 5.26. The van der Waals surface area contributed by atoms with E-state index in [0.717, 1.165) is 39.5 Å². The van der Waals surface area contributed by atoms with Crippen molar-refractivity contribution in [2.24, 2.45) is 5.92 Å². The highest BCUT2D eigenvalue weighted by atomic mass is 79.9. The van der Waals surface area contributed by atoms with Crippen molar-refractivity contribution in [3.05, 3.63) is 62.5 Å². The highest BCUT2D eigenvalue weighted by molar-refractivity contribution is 9.15. The standard InChI is InChI=1S/C19H17BrN2OS/c1-11-7-8-13-15(9-11)24-19-17(13)18(23)21-16(22-19)10-14(20)12-5-3-2-4-6-12/h2-6,10-11H,7-9H2,1H3,(H,21,22,23). The maximum atomic E-state index is 12.6. The predicted molar refractivity (Wildman–Crippen MR) is 105 cm³/mol. The molecule has 1 aliphatic carbocycles. The summed E-state index contributed by atoms with van der Waals surface area (Å²) in [5, 5.41) is 0.801. The second kappa shape index (κ2) is 6.30. The van der Waals surface area contributed by atoms with E-state index in [4.69, 9.17) is 0 Å². The second-order valence-electron chi connectivity index (χ2n) is 6.34. The monoisotopic (exact) mass is 400 g/mol.